The average Bonchev–Trinajstić information content (AvgIpc) is 3.31. The van der Waals surface area contributed by atoms with Crippen LogP contribution in [0.25, 0.3) is 44.7 Å². The first-order chi connectivity index (χ1) is 16.1. The lowest BCUT2D eigenvalue weighted by Crippen LogP contribution is -2.55. The van der Waals surface area contributed by atoms with Crippen molar-refractivity contribution in [2.45, 2.75) is 13.0 Å². The number of benzene rings is 2. The molecule has 33 heavy (non-hydrogen) atoms. The number of hydrogen-bond donors (Lipinski definition) is 2. The van der Waals surface area contributed by atoms with Crippen molar-refractivity contribution in [1.29, 1.82) is 0 Å². The third kappa shape index (κ3) is 3.64. The van der Waals surface area contributed by atoms with Crippen molar-refractivity contribution >= 4 is 16.6 Å². The van der Waals surface area contributed by atoms with Gasteiger partial charge in [-0.1, -0.05) is 24.3 Å². The molecule has 0 saturated carbocycles. The van der Waals surface area contributed by atoms with E-state index in [1.165, 1.54) is 5.69 Å². The Balaban J connectivity index is 1.38. The van der Waals surface area contributed by atoms with E-state index in [-0.39, 0.29) is 6.04 Å². The Hall–Kier alpha value is -4.03. The lowest BCUT2D eigenvalue weighted by atomic mass is 10.0. The molecular formula is C27H24N6. The van der Waals surface area contributed by atoms with E-state index in [0.29, 0.717) is 0 Å². The Kier molecular flexibility index (Phi) is 4.66. The molecule has 3 N–H and O–H groups in total. The Morgan fingerprint density at radius 3 is 2.61 bits per heavy atom. The molecule has 0 amide bonds. The number of aromatic amines is 1. The lowest BCUT2D eigenvalue weighted by Gasteiger charge is -2.39. The van der Waals surface area contributed by atoms with Crippen molar-refractivity contribution in [3.8, 4) is 33.8 Å². The molecule has 0 radical (unpaired) electrons. The smallest absolute Gasteiger partial charge is 0.0977 e. The van der Waals surface area contributed by atoms with Crippen LogP contribution in [-0.4, -0.2) is 39.1 Å². The number of H-pyrrole nitrogens is 1. The van der Waals surface area contributed by atoms with Crippen LogP contribution in [0.2, 0.25) is 0 Å². The van der Waals surface area contributed by atoms with Crippen LogP contribution in [0.4, 0.5) is 5.69 Å². The molecule has 0 bridgehead atoms. The van der Waals surface area contributed by atoms with Gasteiger partial charge in [-0.05, 0) is 55.0 Å². The van der Waals surface area contributed by atoms with Crippen molar-refractivity contribution in [3.63, 3.8) is 0 Å². The van der Waals surface area contributed by atoms with Crippen LogP contribution in [0.15, 0.2) is 79.3 Å². The maximum Gasteiger partial charge on any atom is 0.0977 e. The topological polar surface area (TPSA) is 83.7 Å². The predicted molar refractivity (Wildman–Crippen MR) is 133 cm³/mol. The Labute approximate surface area is 192 Å². The van der Waals surface area contributed by atoms with Gasteiger partial charge in [0, 0.05) is 53.2 Å². The highest BCUT2D eigenvalue weighted by atomic mass is 15.2. The minimum absolute atomic E-state index is 0.274. The van der Waals surface area contributed by atoms with Gasteiger partial charge < -0.3 is 15.6 Å². The molecule has 0 aliphatic carbocycles. The monoisotopic (exact) mass is 432 g/mol. The number of hydrogen-bond acceptors (Lipinski definition) is 5. The number of nitrogens with zero attached hydrogens (tertiary/aromatic N) is 4. The van der Waals surface area contributed by atoms with Gasteiger partial charge in [-0.15, -0.1) is 0 Å². The van der Waals surface area contributed by atoms with Gasteiger partial charge in [0.25, 0.3) is 0 Å². The van der Waals surface area contributed by atoms with Crippen LogP contribution in [0, 0.1) is 6.92 Å². The maximum atomic E-state index is 5.96. The van der Waals surface area contributed by atoms with Crippen molar-refractivity contribution in [1.82, 2.24) is 19.9 Å². The molecule has 0 unspecified atom stereocenters. The van der Waals surface area contributed by atoms with Crippen LogP contribution in [0.5, 0.6) is 0 Å². The van der Waals surface area contributed by atoms with E-state index in [4.69, 9.17) is 10.7 Å². The van der Waals surface area contributed by atoms with E-state index in [9.17, 15) is 0 Å². The van der Waals surface area contributed by atoms with E-state index in [2.05, 4.69) is 68.4 Å². The number of aromatic nitrogens is 4. The summed E-state index contributed by atoms with van der Waals surface area (Å²) in [7, 11) is 0. The van der Waals surface area contributed by atoms with E-state index in [1.807, 2.05) is 31.3 Å². The third-order valence-corrected chi connectivity index (χ3v) is 6.19. The summed E-state index contributed by atoms with van der Waals surface area (Å²) in [6, 6.07) is 23.3. The van der Waals surface area contributed by atoms with Crippen molar-refractivity contribution in [2.24, 2.45) is 5.73 Å². The number of nitrogens with one attached hydrogen (secondary N) is 1. The second kappa shape index (κ2) is 7.83. The highest BCUT2D eigenvalue weighted by molar-refractivity contribution is 5.89. The zero-order chi connectivity index (χ0) is 22.4. The van der Waals surface area contributed by atoms with Crippen molar-refractivity contribution in [2.75, 3.05) is 18.0 Å². The summed E-state index contributed by atoms with van der Waals surface area (Å²) >= 11 is 0. The minimum Gasteiger partial charge on any atom is -0.368 e. The summed E-state index contributed by atoms with van der Waals surface area (Å²) in [5, 5.41) is 1.08. The number of anilines is 1. The molecule has 0 spiro atoms. The highest BCUT2D eigenvalue weighted by Crippen LogP contribution is 2.32. The molecule has 0 atom stereocenters. The summed E-state index contributed by atoms with van der Waals surface area (Å²) in [5.74, 6) is 0. The second-order valence-corrected chi connectivity index (χ2v) is 8.64. The molecule has 3 aromatic heterocycles. The van der Waals surface area contributed by atoms with Gasteiger partial charge in [-0.2, -0.15) is 0 Å². The molecule has 162 valence electrons. The lowest BCUT2D eigenvalue weighted by molar-refractivity contribution is 0.519. The summed E-state index contributed by atoms with van der Waals surface area (Å²) in [5.41, 5.74) is 15.1. The molecule has 1 saturated heterocycles. The standard InChI is InChI=1S/C27H24N6/c1-17-4-2-7-25(32-17)27-26(30-16-31-27)19-8-9-24-20(10-19)11-21(13-29-24)18-5-3-6-23(12-18)33-14-22(28)15-33/h2-13,16,22H,14-15,28H2,1H3,(H,30,31). The van der Waals surface area contributed by atoms with Gasteiger partial charge in [0.15, 0.2) is 0 Å². The summed E-state index contributed by atoms with van der Waals surface area (Å²) in [6.07, 6.45) is 3.67. The largest absolute Gasteiger partial charge is 0.368 e. The third-order valence-electron chi connectivity index (χ3n) is 6.19. The van der Waals surface area contributed by atoms with Crippen LogP contribution in [0.3, 0.4) is 0 Å². The van der Waals surface area contributed by atoms with Gasteiger partial charge in [0.2, 0.25) is 0 Å². The number of pyridine rings is 2. The fourth-order valence-corrected chi connectivity index (χ4v) is 4.43. The first-order valence-electron chi connectivity index (χ1n) is 11.1. The van der Waals surface area contributed by atoms with E-state index in [0.717, 1.165) is 63.5 Å². The Morgan fingerprint density at radius 2 is 1.76 bits per heavy atom. The Bertz CT molecular complexity index is 1460. The molecule has 6 rings (SSSR count). The molecule has 5 aromatic rings. The van der Waals surface area contributed by atoms with Crippen LogP contribution < -0.4 is 10.6 Å². The van der Waals surface area contributed by atoms with E-state index < -0.39 is 0 Å². The van der Waals surface area contributed by atoms with E-state index in [1.54, 1.807) is 6.33 Å². The van der Waals surface area contributed by atoms with Crippen molar-refractivity contribution in [3.05, 3.63) is 84.9 Å². The maximum absolute atomic E-state index is 5.96. The molecule has 6 nitrogen and oxygen atoms in total. The van der Waals surface area contributed by atoms with Crippen molar-refractivity contribution < 1.29 is 0 Å². The molecule has 2 aromatic carbocycles. The highest BCUT2D eigenvalue weighted by Gasteiger charge is 2.23. The molecule has 1 aliphatic heterocycles. The second-order valence-electron chi connectivity index (χ2n) is 8.64. The van der Waals surface area contributed by atoms with Gasteiger partial charge in [0.05, 0.1) is 28.9 Å². The average molecular weight is 433 g/mol. The number of imidazole rings is 1. The first-order valence-corrected chi connectivity index (χ1v) is 11.1. The number of aryl methyl sites for hydroxylation is 1. The van der Waals surface area contributed by atoms with Gasteiger partial charge >= 0.3 is 0 Å². The molecule has 4 heterocycles. The summed E-state index contributed by atoms with van der Waals surface area (Å²) in [6.45, 7) is 3.81. The van der Waals surface area contributed by atoms with Crippen LogP contribution in [0.1, 0.15) is 5.69 Å². The number of fused-ring (bicyclic) bond motifs is 1. The van der Waals surface area contributed by atoms with Crippen LogP contribution >= 0.6 is 0 Å². The fourth-order valence-electron chi connectivity index (χ4n) is 4.43. The molecule has 1 aliphatic rings. The van der Waals surface area contributed by atoms with Gasteiger partial charge in [-0.25, -0.2) is 4.98 Å². The van der Waals surface area contributed by atoms with Crippen LogP contribution in [-0.2, 0) is 0 Å². The first kappa shape index (κ1) is 19.6. The minimum atomic E-state index is 0.274. The number of rotatable bonds is 4. The molecule has 1 fully saturated rings. The fraction of sp³-hybridized carbons (Fsp3) is 0.148. The summed E-state index contributed by atoms with van der Waals surface area (Å²) in [4.78, 5) is 19.5. The van der Waals surface area contributed by atoms with Gasteiger partial charge in [0.1, 0.15) is 0 Å². The molecule has 6 heteroatoms. The normalized spacial score (nSPS) is 13.9. The zero-order valence-corrected chi connectivity index (χ0v) is 18.4. The number of nitrogens with two attached hydrogens (primary N) is 1. The predicted octanol–water partition coefficient (Wildman–Crippen LogP) is 4.81. The quantitative estimate of drug-likeness (QED) is 0.426. The van der Waals surface area contributed by atoms with E-state index >= 15 is 0 Å². The Morgan fingerprint density at radius 1 is 0.909 bits per heavy atom. The zero-order valence-electron chi connectivity index (χ0n) is 18.4. The summed E-state index contributed by atoms with van der Waals surface area (Å²) < 4.78 is 0. The SMILES string of the molecule is Cc1cccc(-c2[nH]cnc2-c2ccc3ncc(-c4cccc(N5CC(N)C5)c4)cc3c2)n1. The van der Waals surface area contributed by atoms with Gasteiger partial charge in [-0.3, -0.25) is 9.97 Å². The molecular weight excluding hydrogens is 408 g/mol.